The third kappa shape index (κ3) is 4.03. The first-order valence-electron chi connectivity index (χ1n) is 9.70. The van der Waals surface area contributed by atoms with Crippen molar-refractivity contribution < 1.29 is 9.21 Å². The van der Waals surface area contributed by atoms with Gasteiger partial charge in [0, 0.05) is 17.5 Å². The van der Waals surface area contributed by atoms with Crippen LogP contribution in [0.3, 0.4) is 0 Å². The fraction of sp³-hybridized carbons (Fsp3) is 0.364. The molecule has 0 radical (unpaired) electrons. The number of carbonyl (C=O) groups is 1. The molecule has 146 valence electrons. The first-order chi connectivity index (χ1) is 13.6. The maximum Gasteiger partial charge on any atom is 0.287 e. The third-order valence-corrected chi connectivity index (χ3v) is 6.42. The van der Waals surface area contributed by atoms with Crippen molar-refractivity contribution in [2.75, 3.05) is 19.6 Å². The minimum Gasteiger partial charge on any atom is -0.451 e. The summed E-state index contributed by atoms with van der Waals surface area (Å²) < 4.78 is 5.66. The summed E-state index contributed by atoms with van der Waals surface area (Å²) in [6, 6.07) is 12.6. The number of thiophene rings is 1. The Hall–Kier alpha value is -2.44. The van der Waals surface area contributed by atoms with E-state index in [1.807, 2.05) is 6.07 Å². The van der Waals surface area contributed by atoms with Crippen molar-refractivity contribution in [3.63, 3.8) is 0 Å². The van der Waals surface area contributed by atoms with Crippen LogP contribution in [0.5, 0.6) is 0 Å². The summed E-state index contributed by atoms with van der Waals surface area (Å²) in [4.78, 5) is 28.6. The Morgan fingerprint density at radius 3 is 2.79 bits per heavy atom. The van der Waals surface area contributed by atoms with Gasteiger partial charge in [-0.2, -0.15) is 0 Å². The van der Waals surface area contributed by atoms with Crippen molar-refractivity contribution >= 4 is 28.2 Å². The molecule has 1 fully saturated rings. The van der Waals surface area contributed by atoms with Gasteiger partial charge in [0.05, 0.1) is 11.4 Å². The zero-order chi connectivity index (χ0) is 19.5. The van der Waals surface area contributed by atoms with Crippen molar-refractivity contribution in [1.29, 1.82) is 0 Å². The van der Waals surface area contributed by atoms with Crippen LogP contribution in [0.4, 0.5) is 0 Å². The van der Waals surface area contributed by atoms with Crippen LogP contribution in [0.2, 0.25) is 0 Å². The van der Waals surface area contributed by atoms with Crippen LogP contribution < -0.4 is 10.7 Å². The van der Waals surface area contributed by atoms with Crippen molar-refractivity contribution in [2.45, 2.75) is 25.8 Å². The molecule has 28 heavy (non-hydrogen) atoms. The Labute approximate surface area is 168 Å². The van der Waals surface area contributed by atoms with Gasteiger partial charge in [-0.15, -0.1) is 11.3 Å². The quantitative estimate of drug-likeness (QED) is 0.707. The van der Waals surface area contributed by atoms with E-state index in [1.165, 1.54) is 23.8 Å². The van der Waals surface area contributed by atoms with E-state index in [0.717, 1.165) is 19.0 Å². The highest BCUT2D eigenvalue weighted by Crippen LogP contribution is 2.29. The van der Waals surface area contributed by atoms with Gasteiger partial charge >= 0.3 is 0 Å². The first-order valence-corrected chi connectivity index (χ1v) is 10.6. The predicted octanol–water partition coefficient (Wildman–Crippen LogP) is 4.06. The second kappa shape index (κ2) is 8.29. The number of rotatable bonds is 5. The van der Waals surface area contributed by atoms with E-state index >= 15 is 0 Å². The van der Waals surface area contributed by atoms with Crippen LogP contribution in [0, 0.1) is 5.92 Å². The summed E-state index contributed by atoms with van der Waals surface area (Å²) in [5.41, 5.74) is 0.229. The maximum atomic E-state index is 12.7. The molecule has 3 heterocycles. The number of amides is 1. The number of benzene rings is 1. The highest BCUT2D eigenvalue weighted by molar-refractivity contribution is 7.10. The molecule has 3 aromatic rings. The molecule has 1 aliphatic rings. The second-order valence-electron chi connectivity index (χ2n) is 7.43. The molecule has 6 heteroatoms. The van der Waals surface area contributed by atoms with Gasteiger partial charge in [0.2, 0.25) is 0 Å². The van der Waals surface area contributed by atoms with Crippen molar-refractivity contribution in [3.05, 3.63) is 68.7 Å². The largest absolute Gasteiger partial charge is 0.451 e. The summed E-state index contributed by atoms with van der Waals surface area (Å²) in [6.07, 6.45) is 2.35. The van der Waals surface area contributed by atoms with Gasteiger partial charge in [0.15, 0.2) is 11.2 Å². The first kappa shape index (κ1) is 18.9. The molecule has 0 aliphatic carbocycles. The van der Waals surface area contributed by atoms with E-state index in [-0.39, 0.29) is 23.1 Å². The molecule has 0 bridgehead atoms. The summed E-state index contributed by atoms with van der Waals surface area (Å²) in [7, 11) is 0. The molecule has 1 aromatic carbocycles. The van der Waals surface area contributed by atoms with Crippen molar-refractivity contribution in [3.8, 4) is 0 Å². The molecule has 1 atom stereocenters. The zero-order valence-corrected chi connectivity index (χ0v) is 16.7. The van der Waals surface area contributed by atoms with Gasteiger partial charge in [-0.25, -0.2) is 0 Å². The molecule has 1 aliphatic heterocycles. The molecule has 5 nitrogen and oxygen atoms in total. The highest BCUT2D eigenvalue weighted by atomic mass is 32.1. The molecular formula is C22H24N2O3S. The Balaban J connectivity index is 1.51. The van der Waals surface area contributed by atoms with Crippen LogP contribution in [0.1, 0.15) is 41.2 Å². The average molecular weight is 397 g/mol. The number of fused-ring (bicyclic) bond motifs is 1. The lowest BCUT2D eigenvalue weighted by atomic mass is 9.97. The number of hydrogen-bond donors (Lipinski definition) is 1. The topological polar surface area (TPSA) is 62.6 Å². The van der Waals surface area contributed by atoms with E-state index in [9.17, 15) is 9.59 Å². The Morgan fingerprint density at radius 2 is 2.04 bits per heavy atom. The number of nitrogens with one attached hydrogen (secondary N) is 1. The number of nitrogens with zero attached hydrogens (tertiary/aromatic N) is 1. The number of carbonyl (C=O) groups excluding carboxylic acids is 1. The van der Waals surface area contributed by atoms with Crippen molar-refractivity contribution in [2.24, 2.45) is 5.92 Å². The van der Waals surface area contributed by atoms with Gasteiger partial charge in [0.25, 0.3) is 5.91 Å². The van der Waals surface area contributed by atoms with E-state index in [0.29, 0.717) is 17.5 Å². The number of hydrogen-bond acceptors (Lipinski definition) is 5. The van der Waals surface area contributed by atoms with Crippen LogP contribution in [-0.4, -0.2) is 30.4 Å². The number of likely N-dealkylation sites (tertiary alicyclic amines) is 1. The smallest absolute Gasteiger partial charge is 0.287 e. The molecule has 0 unspecified atom stereocenters. The van der Waals surface area contributed by atoms with Crippen LogP contribution in [0.25, 0.3) is 11.0 Å². The minimum atomic E-state index is -0.352. The lowest BCUT2D eigenvalue weighted by Gasteiger charge is -2.36. The van der Waals surface area contributed by atoms with Crippen LogP contribution in [-0.2, 0) is 0 Å². The summed E-state index contributed by atoms with van der Waals surface area (Å²) >= 11 is 1.71. The standard InChI is InChI=1S/C22H24N2O3S/c1-15-8-10-24(11-9-15)17(21-7-4-12-28-21)14-23-22(26)20-13-18(25)16-5-2-3-6-19(16)27-20/h2-7,12-13,15,17H,8-11,14H2,1H3,(H,23,26)/t17-/m1/s1. The average Bonchev–Trinajstić information content (AvgIpc) is 3.24. The monoisotopic (exact) mass is 396 g/mol. The molecular weight excluding hydrogens is 372 g/mol. The van der Waals surface area contributed by atoms with Gasteiger partial charge in [-0.05, 0) is 55.4 Å². The Kier molecular flexibility index (Phi) is 5.59. The van der Waals surface area contributed by atoms with E-state index in [2.05, 4.69) is 28.6 Å². The Morgan fingerprint density at radius 1 is 1.25 bits per heavy atom. The fourth-order valence-electron chi connectivity index (χ4n) is 3.72. The second-order valence-corrected chi connectivity index (χ2v) is 8.41. The molecule has 4 rings (SSSR count). The number of piperidine rings is 1. The molecule has 0 saturated carbocycles. The highest BCUT2D eigenvalue weighted by Gasteiger charge is 2.26. The fourth-order valence-corrected chi connectivity index (χ4v) is 4.58. The SMILES string of the molecule is CC1CCN([C@H](CNC(=O)c2cc(=O)c3ccccc3o2)c2cccs2)CC1. The van der Waals surface area contributed by atoms with Gasteiger partial charge in [0.1, 0.15) is 5.58 Å². The lowest BCUT2D eigenvalue weighted by Crippen LogP contribution is -2.41. The molecule has 1 amide bonds. The van der Waals surface area contributed by atoms with E-state index in [1.54, 1.807) is 35.6 Å². The van der Waals surface area contributed by atoms with Gasteiger partial charge in [-0.1, -0.05) is 25.1 Å². The third-order valence-electron chi connectivity index (χ3n) is 5.44. The van der Waals surface area contributed by atoms with Crippen LogP contribution >= 0.6 is 11.3 Å². The molecule has 1 N–H and O–H groups in total. The molecule has 1 saturated heterocycles. The van der Waals surface area contributed by atoms with Gasteiger partial charge in [-0.3, -0.25) is 14.5 Å². The predicted molar refractivity (Wildman–Crippen MR) is 112 cm³/mol. The zero-order valence-electron chi connectivity index (χ0n) is 15.9. The lowest BCUT2D eigenvalue weighted by molar-refractivity contribution is 0.0889. The van der Waals surface area contributed by atoms with Gasteiger partial charge < -0.3 is 9.73 Å². The molecule has 2 aromatic heterocycles. The number of para-hydroxylation sites is 1. The van der Waals surface area contributed by atoms with E-state index < -0.39 is 0 Å². The van der Waals surface area contributed by atoms with E-state index in [4.69, 9.17) is 4.42 Å². The summed E-state index contributed by atoms with van der Waals surface area (Å²) in [6.45, 7) is 4.85. The minimum absolute atomic E-state index is 0.0564. The van der Waals surface area contributed by atoms with Crippen molar-refractivity contribution in [1.82, 2.24) is 10.2 Å². The van der Waals surface area contributed by atoms with Crippen LogP contribution in [0.15, 0.2) is 57.1 Å². The summed E-state index contributed by atoms with van der Waals surface area (Å²) in [5, 5.41) is 5.53. The summed E-state index contributed by atoms with van der Waals surface area (Å²) in [5.74, 6) is 0.456. The maximum absolute atomic E-state index is 12.7. The normalized spacial score (nSPS) is 16.9. The Bertz CT molecular complexity index is 1000. The molecule has 0 spiro atoms.